The highest BCUT2D eigenvalue weighted by Gasteiger charge is 2.40. The van der Waals surface area contributed by atoms with Gasteiger partial charge in [0.2, 0.25) is 5.91 Å². The summed E-state index contributed by atoms with van der Waals surface area (Å²) in [6.07, 6.45) is -0.139. The van der Waals surface area contributed by atoms with Crippen LogP contribution in [0.2, 0.25) is 5.02 Å². The fraction of sp³-hybridized carbons (Fsp3) is 0.483. The molecule has 8 nitrogen and oxygen atoms in total. The van der Waals surface area contributed by atoms with E-state index in [-0.39, 0.29) is 17.2 Å². The number of benzene rings is 2. The summed E-state index contributed by atoms with van der Waals surface area (Å²) in [6, 6.07) is 8.97. The van der Waals surface area contributed by atoms with Crippen molar-refractivity contribution < 1.29 is 24.2 Å². The van der Waals surface area contributed by atoms with E-state index in [9.17, 15) is 19.5 Å². The van der Waals surface area contributed by atoms with E-state index >= 15 is 0 Å². The van der Waals surface area contributed by atoms with Crippen molar-refractivity contribution in [2.75, 3.05) is 5.32 Å². The first-order valence-corrected chi connectivity index (χ1v) is 13.2. The van der Waals surface area contributed by atoms with Crippen LogP contribution in [0.15, 0.2) is 42.5 Å². The van der Waals surface area contributed by atoms with E-state index in [0.717, 1.165) is 5.56 Å². The molecular formula is C29H40ClN3O5. The van der Waals surface area contributed by atoms with Crippen LogP contribution in [-0.4, -0.2) is 45.6 Å². The molecule has 2 aromatic rings. The highest BCUT2D eigenvalue weighted by atomic mass is 35.5. The molecule has 0 saturated heterocycles. The normalized spacial score (nSPS) is 13.8. The number of ether oxygens (including phenoxy) is 1. The molecule has 208 valence electrons. The van der Waals surface area contributed by atoms with Crippen LogP contribution >= 0.6 is 11.6 Å². The van der Waals surface area contributed by atoms with E-state index < -0.39 is 41.6 Å². The minimum absolute atomic E-state index is 0.137. The molecule has 0 radical (unpaired) electrons. The maximum atomic E-state index is 14.2. The van der Waals surface area contributed by atoms with Gasteiger partial charge < -0.3 is 25.4 Å². The number of amides is 3. The number of nitrogens with one attached hydrogen (secondary N) is 2. The standard InChI is InChI=1S/C29H40ClN3O5/c1-9-18(4)24(32-28(37)38-29(6,7)8)27(36)33(17(2)3)25(20-14-10-11-16-22(20)34)26(35)31-23-19(5)13-12-15-21(23)30/h10-18,24-25,34H,9H2,1-8H3,(H,31,35)(H,32,37). The fourth-order valence-corrected chi connectivity index (χ4v) is 4.35. The lowest BCUT2D eigenvalue weighted by molar-refractivity contribution is -0.144. The van der Waals surface area contributed by atoms with E-state index in [2.05, 4.69) is 10.6 Å². The first-order valence-electron chi connectivity index (χ1n) is 12.8. The van der Waals surface area contributed by atoms with Crippen molar-refractivity contribution in [3.8, 4) is 5.75 Å². The van der Waals surface area contributed by atoms with Gasteiger partial charge in [-0.05, 0) is 65.2 Å². The van der Waals surface area contributed by atoms with Crippen molar-refractivity contribution >= 4 is 35.2 Å². The van der Waals surface area contributed by atoms with E-state index in [1.165, 1.54) is 11.0 Å². The molecule has 3 atom stereocenters. The molecule has 2 aromatic carbocycles. The van der Waals surface area contributed by atoms with Gasteiger partial charge in [0.1, 0.15) is 23.4 Å². The van der Waals surface area contributed by atoms with Gasteiger partial charge in [-0.1, -0.05) is 62.2 Å². The summed E-state index contributed by atoms with van der Waals surface area (Å²) in [5, 5.41) is 16.7. The quantitative estimate of drug-likeness (QED) is 0.347. The number of hydrogen-bond acceptors (Lipinski definition) is 5. The molecule has 0 bridgehead atoms. The third-order valence-corrected chi connectivity index (χ3v) is 6.51. The lowest BCUT2D eigenvalue weighted by atomic mass is 9.94. The van der Waals surface area contributed by atoms with E-state index in [4.69, 9.17) is 16.3 Å². The van der Waals surface area contributed by atoms with Crippen LogP contribution in [0.3, 0.4) is 0 Å². The minimum atomic E-state index is -1.22. The summed E-state index contributed by atoms with van der Waals surface area (Å²) in [6.45, 7) is 14.3. The molecule has 3 N–H and O–H groups in total. The van der Waals surface area contributed by atoms with Crippen LogP contribution in [0, 0.1) is 12.8 Å². The molecule has 9 heteroatoms. The van der Waals surface area contributed by atoms with E-state index in [1.54, 1.807) is 65.0 Å². The molecule has 0 fully saturated rings. The number of anilines is 1. The minimum Gasteiger partial charge on any atom is -0.508 e. The van der Waals surface area contributed by atoms with Crippen LogP contribution in [0.25, 0.3) is 0 Å². The van der Waals surface area contributed by atoms with Gasteiger partial charge in [-0.3, -0.25) is 9.59 Å². The highest BCUT2D eigenvalue weighted by molar-refractivity contribution is 6.34. The Morgan fingerprint density at radius 2 is 1.68 bits per heavy atom. The van der Waals surface area contributed by atoms with Crippen molar-refractivity contribution in [1.29, 1.82) is 0 Å². The Labute approximate surface area is 230 Å². The third kappa shape index (κ3) is 7.87. The third-order valence-electron chi connectivity index (χ3n) is 6.19. The Morgan fingerprint density at radius 3 is 2.21 bits per heavy atom. The number of para-hydroxylation sites is 2. The number of aryl methyl sites for hydroxylation is 1. The first-order chi connectivity index (χ1) is 17.7. The molecule has 3 amide bonds. The Balaban J connectivity index is 2.60. The van der Waals surface area contributed by atoms with Crippen molar-refractivity contribution in [3.05, 3.63) is 58.6 Å². The maximum absolute atomic E-state index is 14.2. The topological polar surface area (TPSA) is 108 Å². The van der Waals surface area contributed by atoms with Gasteiger partial charge in [0.05, 0.1) is 10.7 Å². The molecular weight excluding hydrogens is 506 g/mol. The second-order valence-corrected chi connectivity index (χ2v) is 11.1. The number of aromatic hydroxyl groups is 1. The number of phenolic OH excluding ortho intramolecular Hbond substituents is 1. The van der Waals surface area contributed by atoms with Gasteiger partial charge in [-0.25, -0.2) is 4.79 Å². The van der Waals surface area contributed by atoms with Gasteiger partial charge in [-0.2, -0.15) is 0 Å². The number of phenols is 1. The fourth-order valence-electron chi connectivity index (χ4n) is 4.08. The molecule has 38 heavy (non-hydrogen) atoms. The van der Waals surface area contributed by atoms with Gasteiger partial charge in [0.25, 0.3) is 5.91 Å². The lowest BCUT2D eigenvalue weighted by Gasteiger charge is -2.38. The average Bonchev–Trinajstić information content (AvgIpc) is 2.81. The molecule has 0 saturated carbocycles. The summed E-state index contributed by atoms with van der Waals surface area (Å²) < 4.78 is 5.42. The lowest BCUT2D eigenvalue weighted by Crippen LogP contribution is -2.56. The zero-order valence-electron chi connectivity index (χ0n) is 23.5. The predicted molar refractivity (Wildman–Crippen MR) is 150 cm³/mol. The number of nitrogens with zero attached hydrogens (tertiary/aromatic N) is 1. The Bertz CT molecular complexity index is 1130. The Kier molecular flexibility index (Phi) is 10.6. The molecule has 0 aliphatic heterocycles. The van der Waals surface area contributed by atoms with Crippen LogP contribution in [0.1, 0.15) is 72.1 Å². The Hall–Kier alpha value is -3.26. The van der Waals surface area contributed by atoms with E-state index in [0.29, 0.717) is 17.1 Å². The predicted octanol–water partition coefficient (Wildman–Crippen LogP) is 6.21. The zero-order chi connectivity index (χ0) is 28.8. The molecule has 3 unspecified atom stereocenters. The van der Waals surface area contributed by atoms with Gasteiger partial charge in [0, 0.05) is 11.6 Å². The number of carbonyl (C=O) groups excluding carboxylic acids is 3. The number of halogens is 1. The van der Waals surface area contributed by atoms with Crippen molar-refractivity contribution in [1.82, 2.24) is 10.2 Å². The number of carbonyl (C=O) groups is 3. The first kappa shape index (κ1) is 31.0. The number of alkyl carbamates (subject to hydrolysis) is 1. The second kappa shape index (κ2) is 13.0. The highest BCUT2D eigenvalue weighted by Crippen LogP contribution is 2.34. The Morgan fingerprint density at radius 1 is 1.05 bits per heavy atom. The van der Waals surface area contributed by atoms with Crippen LogP contribution in [0.5, 0.6) is 5.75 Å². The summed E-state index contributed by atoms with van der Waals surface area (Å²) in [7, 11) is 0. The monoisotopic (exact) mass is 545 g/mol. The zero-order valence-corrected chi connectivity index (χ0v) is 24.2. The average molecular weight is 546 g/mol. The summed E-state index contributed by atoms with van der Waals surface area (Å²) >= 11 is 6.38. The molecule has 0 spiro atoms. The van der Waals surface area contributed by atoms with Crippen LogP contribution in [-0.2, 0) is 14.3 Å². The smallest absolute Gasteiger partial charge is 0.408 e. The number of rotatable bonds is 9. The molecule has 0 heterocycles. The summed E-state index contributed by atoms with van der Waals surface area (Å²) in [4.78, 5) is 42.2. The number of hydrogen-bond donors (Lipinski definition) is 3. The van der Waals surface area contributed by atoms with Gasteiger partial charge >= 0.3 is 6.09 Å². The van der Waals surface area contributed by atoms with Crippen LogP contribution in [0.4, 0.5) is 10.5 Å². The van der Waals surface area contributed by atoms with E-state index in [1.807, 2.05) is 26.8 Å². The van der Waals surface area contributed by atoms with Gasteiger partial charge in [0.15, 0.2) is 0 Å². The molecule has 0 aliphatic carbocycles. The second-order valence-electron chi connectivity index (χ2n) is 10.7. The van der Waals surface area contributed by atoms with Crippen molar-refractivity contribution in [2.24, 2.45) is 5.92 Å². The summed E-state index contributed by atoms with van der Waals surface area (Å²) in [5.74, 6) is -1.43. The molecule has 0 aliphatic rings. The molecule has 2 rings (SSSR count). The SMILES string of the molecule is CCC(C)C(NC(=O)OC(C)(C)C)C(=O)N(C(C)C)C(C(=O)Nc1c(C)cccc1Cl)c1ccccc1O. The summed E-state index contributed by atoms with van der Waals surface area (Å²) in [5.41, 5.74) is 0.655. The van der Waals surface area contributed by atoms with Crippen molar-refractivity contribution in [3.63, 3.8) is 0 Å². The van der Waals surface area contributed by atoms with Crippen molar-refractivity contribution in [2.45, 2.75) is 85.5 Å². The van der Waals surface area contributed by atoms with Crippen LogP contribution < -0.4 is 10.6 Å². The molecule has 0 aromatic heterocycles. The largest absolute Gasteiger partial charge is 0.508 e. The maximum Gasteiger partial charge on any atom is 0.408 e. The van der Waals surface area contributed by atoms with Gasteiger partial charge in [-0.15, -0.1) is 0 Å².